The van der Waals surface area contributed by atoms with E-state index in [1.165, 1.54) is 16.9 Å². The summed E-state index contributed by atoms with van der Waals surface area (Å²) in [5, 5.41) is 3.42. The molecule has 0 fully saturated rings. The average molecular weight is 388 g/mol. The molecule has 0 unspecified atom stereocenters. The number of amides is 1. The molecule has 1 aromatic heterocycles. The van der Waals surface area contributed by atoms with E-state index in [1.54, 1.807) is 0 Å². The molecule has 28 heavy (non-hydrogen) atoms. The van der Waals surface area contributed by atoms with Gasteiger partial charge in [0.2, 0.25) is 0 Å². The first kappa shape index (κ1) is 18.2. The summed E-state index contributed by atoms with van der Waals surface area (Å²) in [6, 6.07) is 22.0. The second kappa shape index (κ2) is 7.82. The quantitative estimate of drug-likeness (QED) is 0.484. The fraction of sp³-hybridized carbons (Fsp3) is 0.130. The summed E-state index contributed by atoms with van der Waals surface area (Å²) >= 11 is 1.48. The first-order chi connectivity index (χ1) is 13.6. The maximum atomic E-state index is 12.2. The number of benzene rings is 3. The number of thiazole rings is 1. The van der Waals surface area contributed by atoms with Crippen LogP contribution in [0, 0.1) is 13.8 Å². The number of nitrogens with one attached hydrogen (secondary N) is 1. The number of fused-ring (bicyclic) bond motifs is 1. The Morgan fingerprint density at radius 2 is 1.71 bits per heavy atom. The number of rotatable bonds is 5. The molecule has 0 aliphatic rings. The van der Waals surface area contributed by atoms with Crippen molar-refractivity contribution in [3.05, 3.63) is 77.9 Å². The molecule has 4 nitrogen and oxygen atoms in total. The molecule has 0 spiro atoms. The zero-order valence-corrected chi connectivity index (χ0v) is 16.5. The second-order valence-corrected chi connectivity index (χ2v) is 7.71. The Morgan fingerprint density at radius 3 is 2.46 bits per heavy atom. The highest BCUT2D eigenvalue weighted by Gasteiger charge is 2.10. The molecule has 0 saturated heterocycles. The Bertz CT molecular complexity index is 1120. The van der Waals surface area contributed by atoms with Crippen molar-refractivity contribution < 1.29 is 9.53 Å². The maximum absolute atomic E-state index is 12.2. The molecule has 140 valence electrons. The molecule has 4 aromatic rings. The van der Waals surface area contributed by atoms with Crippen molar-refractivity contribution in [3.8, 4) is 16.9 Å². The fourth-order valence-electron chi connectivity index (χ4n) is 3.10. The Kier molecular flexibility index (Phi) is 5.08. The maximum Gasteiger partial charge on any atom is 0.264 e. The minimum absolute atomic E-state index is 0.0569. The number of aromatic nitrogens is 1. The summed E-state index contributed by atoms with van der Waals surface area (Å²) in [6.45, 7) is 4.03. The molecule has 4 rings (SSSR count). The van der Waals surface area contributed by atoms with Crippen LogP contribution in [0.3, 0.4) is 0 Å². The van der Waals surface area contributed by atoms with E-state index >= 15 is 0 Å². The SMILES string of the molecule is Cc1cc(C)c2nc(NC(=O)COc3ccc(-c4ccccc4)cc3)sc2c1. The van der Waals surface area contributed by atoms with Crippen molar-refractivity contribution in [1.29, 1.82) is 0 Å². The molecule has 0 aliphatic carbocycles. The molecular formula is C23H20N2O2S. The summed E-state index contributed by atoms with van der Waals surface area (Å²) in [6.07, 6.45) is 0. The zero-order valence-electron chi connectivity index (χ0n) is 15.7. The van der Waals surface area contributed by atoms with E-state index in [4.69, 9.17) is 4.74 Å². The third-order valence-electron chi connectivity index (χ3n) is 4.41. The van der Waals surface area contributed by atoms with E-state index in [2.05, 4.69) is 41.5 Å². The van der Waals surface area contributed by atoms with Gasteiger partial charge in [0.05, 0.1) is 10.2 Å². The monoisotopic (exact) mass is 388 g/mol. The number of ether oxygens (including phenoxy) is 1. The standard InChI is InChI=1S/C23H20N2O2S/c1-15-12-16(2)22-20(13-15)28-23(25-22)24-21(26)14-27-19-10-8-18(9-11-19)17-6-4-3-5-7-17/h3-13H,14H2,1-2H3,(H,24,25,26). The summed E-state index contributed by atoms with van der Waals surface area (Å²) < 4.78 is 6.69. The highest BCUT2D eigenvalue weighted by molar-refractivity contribution is 7.22. The van der Waals surface area contributed by atoms with E-state index in [-0.39, 0.29) is 12.5 Å². The van der Waals surface area contributed by atoms with Gasteiger partial charge in [-0.2, -0.15) is 0 Å². The van der Waals surface area contributed by atoms with E-state index in [1.807, 2.05) is 49.4 Å². The molecule has 0 saturated carbocycles. The van der Waals surface area contributed by atoms with Gasteiger partial charge in [0.25, 0.3) is 5.91 Å². The number of carbonyl (C=O) groups excluding carboxylic acids is 1. The van der Waals surface area contributed by atoms with Crippen LogP contribution in [-0.4, -0.2) is 17.5 Å². The van der Waals surface area contributed by atoms with Crippen molar-refractivity contribution >= 4 is 32.6 Å². The number of carbonyl (C=O) groups is 1. The topological polar surface area (TPSA) is 51.2 Å². The molecule has 1 heterocycles. The number of hydrogen-bond donors (Lipinski definition) is 1. The van der Waals surface area contributed by atoms with Crippen LogP contribution in [0.5, 0.6) is 5.75 Å². The van der Waals surface area contributed by atoms with Gasteiger partial charge in [-0.3, -0.25) is 10.1 Å². The molecule has 0 bridgehead atoms. The first-order valence-corrected chi connectivity index (χ1v) is 9.86. The molecule has 0 atom stereocenters. The van der Waals surface area contributed by atoms with Crippen LogP contribution in [0.15, 0.2) is 66.7 Å². The third-order valence-corrected chi connectivity index (χ3v) is 5.33. The molecule has 0 radical (unpaired) electrons. The molecule has 1 amide bonds. The lowest BCUT2D eigenvalue weighted by atomic mass is 10.1. The van der Waals surface area contributed by atoms with Crippen molar-refractivity contribution in [2.24, 2.45) is 0 Å². The lowest BCUT2D eigenvalue weighted by Crippen LogP contribution is -2.19. The Balaban J connectivity index is 1.37. The number of hydrogen-bond acceptors (Lipinski definition) is 4. The lowest BCUT2D eigenvalue weighted by Gasteiger charge is -2.07. The predicted octanol–water partition coefficient (Wildman–Crippen LogP) is 5.60. The summed E-state index contributed by atoms with van der Waals surface area (Å²) in [4.78, 5) is 16.8. The van der Waals surface area contributed by atoms with Gasteiger partial charge in [0.15, 0.2) is 11.7 Å². The minimum atomic E-state index is -0.222. The van der Waals surface area contributed by atoms with Crippen molar-refractivity contribution in [3.63, 3.8) is 0 Å². The predicted molar refractivity (Wildman–Crippen MR) is 115 cm³/mol. The van der Waals surface area contributed by atoms with Crippen LogP contribution in [0.2, 0.25) is 0 Å². The Morgan fingerprint density at radius 1 is 1.00 bits per heavy atom. The third kappa shape index (κ3) is 4.05. The van der Waals surface area contributed by atoms with Crippen molar-refractivity contribution in [1.82, 2.24) is 4.98 Å². The minimum Gasteiger partial charge on any atom is -0.484 e. The lowest BCUT2D eigenvalue weighted by molar-refractivity contribution is -0.118. The van der Waals surface area contributed by atoms with Gasteiger partial charge in [-0.25, -0.2) is 4.98 Å². The van der Waals surface area contributed by atoms with Crippen LogP contribution >= 0.6 is 11.3 Å². The van der Waals surface area contributed by atoms with Crippen LogP contribution in [0.1, 0.15) is 11.1 Å². The average Bonchev–Trinajstić information content (AvgIpc) is 3.10. The highest BCUT2D eigenvalue weighted by atomic mass is 32.1. The van der Waals surface area contributed by atoms with Gasteiger partial charge in [0, 0.05) is 0 Å². The fourth-order valence-corrected chi connectivity index (χ4v) is 4.16. The Hall–Kier alpha value is -3.18. The molecule has 5 heteroatoms. The van der Waals surface area contributed by atoms with Gasteiger partial charge in [-0.1, -0.05) is 59.9 Å². The van der Waals surface area contributed by atoms with E-state index in [0.29, 0.717) is 10.9 Å². The van der Waals surface area contributed by atoms with E-state index in [0.717, 1.165) is 26.9 Å². The normalized spacial score (nSPS) is 10.8. The van der Waals surface area contributed by atoms with Gasteiger partial charge < -0.3 is 4.74 Å². The first-order valence-electron chi connectivity index (χ1n) is 9.04. The van der Waals surface area contributed by atoms with Crippen LogP contribution in [0.25, 0.3) is 21.3 Å². The van der Waals surface area contributed by atoms with Crippen LogP contribution < -0.4 is 10.1 Å². The van der Waals surface area contributed by atoms with E-state index < -0.39 is 0 Å². The highest BCUT2D eigenvalue weighted by Crippen LogP contribution is 2.29. The number of anilines is 1. The molecular weight excluding hydrogens is 368 g/mol. The van der Waals surface area contributed by atoms with Gasteiger partial charge in [-0.05, 0) is 54.3 Å². The smallest absolute Gasteiger partial charge is 0.264 e. The largest absolute Gasteiger partial charge is 0.484 e. The van der Waals surface area contributed by atoms with Crippen LogP contribution in [0.4, 0.5) is 5.13 Å². The Labute approximate surface area is 167 Å². The van der Waals surface area contributed by atoms with Crippen molar-refractivity contribution in [2.75, 3.05) is 11.9 Å². The molecule has 3 aromatic carbocycles. The van der Waals surface area contributed by atoms with Gasteiger partial charge >= 0.3 is 0 Å². The molecule has 0 aliphatic heterocycles. The van der Waals surface area contributed by atoms with Crippen LogP contribution in [-0.2, 0) is 4.79 Å². The van der Waals surface area contributed by atoms with E-state index in [9.17, 15) is 4.79 Å². The summed E-state index contributed by atoms with van der Waals surface area (Å²) in [5.74, 6) is 0.436. The number of nitrogens with zero attached hydrogens (tertiary/aromatic N) is 1. The second-order valence-electron chi connectivity index (χ2n) is 6.67. The van der Waals surface area contributed by atoms with Gasteiger partial charge in [0.1, 0.15) is 5.75 Å². The summed E-state index contributed by atoms with van der Waals surface area (Å²) in [7, 11) is 0. The zero-order chi connectivity index (χ0) is 19.5. The van der Waals surface area contributed by atoms with Gasteiger partial charge in [-0.15, -0.1) is 0 Å². The molecule has 1 N–H and O–H groups in total. The number of aryl methyl sites for hydroxylation is 2. The van der Waals surface area contributed by atoms with Crippen molar-refractivity contribution in [2.45, 2.75) is 13.8 Å². The summed E-state index contributed by atoms with van der Waals surface area (Å²) in [5.41, 5.74) is 5.49.